The molecule has 2 heteroatoms. The van der Waals surface area contributed by atoms with Crippen LogP contribution in [0.4, 0.5) is 0 Å². The molecule has 0 rings (SSSR count). The van der Waals surface area contributed by atoms with Crippen LogP contribution in [0.15, 0.2) is 36.5 Å². The van der Waals surface area contributed by atoms with Gasteiger partial charge in [-0.25, -0.2) is 0 Å². The van der Waals surface area contributed by atoms with Gasteiger partial charge >= 0.3 is 0 Å². The highest BCUT2D eigenvalue weighted by Gasteiger charge is 2.03. The zero-order valence-electron chi connectivity index (χ0n) is 15.1. The molecule has 23 heavy (non-hydrogen) atoms. The van der Waals surface area contributed by atoms with E-state index in [-0.39, 0.29) is 0 Å². The van der Waals surface area contributed by atoms with Crippen molar-refractivity contribution in [3.05, 3.63) is 36.5 Å². The van der Waals surface area contributed by atoms with Crippen LogP contribution >= 0.6 is 12.6 Å². The molecule has 0 saturated carbocycles. The molecule has 0 aromatic rings. The lowest BCUT2D eigenvalue weighted by Crippen LogP contribution is -2.07. The highest BCUT2D eigenvalue weighted by Crippen LogP contribution is 2.13. The van der Waals surface area contributed by atoms with E-state index in [1.54, 1.807) is 0 Å². The molecule has 0 radical (unpaired) electrons. The molecule has 0 aliphatic rings. The number of aliphatic hydroxyl groups excluding tert-OH is 1. The third-order valence-electron chi connectivity index (χ3n) is 4.03. The molecular formula is C21H38OS. The first-order valence-corrected chi connectivity index (χ1v) is 10.1. The Kier molecular flexibility index (Phi) is 19.2. The van der Waals surface area contributed by atoms with E-state index >= 15 is 0 Å². The molecule has 1 nitrogen and oxygen atoms in total. The van der Waals surface area contributed by atoms with Crippen molar-refractivity contribution in [2.24, 2.45) is 5.92 Å². The Balaban J connectivity index is 3.26. The minimum Gasteiger partial charge on any atom is -0.396 e. The fourth-order valence-electron chi connectivity index (χ4n) is 2.47. The lowest BCUT2D eigenvalue weighted by molar-refractivity contribution is 0.230. The van der Waals surface area contributed by atoms with Gasteiger partial charge in [-0.2, -0.15) is 12.6 Å². The zero-order valence-corrected chi connectivity index (χ0v) is 16.0. The number of aliphatic hydroxyl groups is 1. The van der Waals surface area contributed by atoms with Crippen LogP contribution < -0.4 is 0 Å². The summed E-state index contributed by atoms with van der Waals surface area (Å²) < 4.78 is 0. The average molecular weight is 339 g/mol. The SMILES string of the molecule is CC/C=C/C/C=C/C/C=C/CCCCCCCCC(CO)CS. The molecule has 134 valence electrons. The van der Waals surface area contributed by atoms with Crippen molar-refractivity contribution in [3.8, 4) is 0 Å². The van der Waals surface area contributed by atoms with Crippen molar-refractivity contribution in [2.45, 2.75) is 77.6 Å². The minimum absolute atomic E-state index is 0.292. The number of hydrogen-bond acceptors (Lipinski definition) is 2. The molecule has 0 aliphatic carbocycles. The van der Waals surface area contributed by atoms with Gasteiger partial charge in [0.25, 0.3) is 0 Å². The monoisotopic (exact) mass is 338 g/mol. The predicted octanol–water partition coefficient (Wildman–Crippen LogP) is 6.50. The van der Waals surface area contributed by atoms with E-state index in [1.807, 2.05) is 0 Å². The van der Waals surface area contributed by atoms with E-state index in [4.69, 9.17) is 5.11 Å². The standard InChI is InChI=1S/C21H38OS/c1-2-3-4-5-6-7-8-9-10-11-12-13-14-15-16-17-18-21(19-22)20-23/h3-4,6-7,9-10,21-23H,2,5,8,11-20H2,1H3/b4-3+,7-6+,10-9+. The Morgan fingerprint density at radius 2 is 1.35 bits per heavy atom. The Bertz CT molecular complexity index is 303. The topological polar surface area (TPSA) is 20.2 Å². The summed E-state index contributed by atoms with van der Waals surface area (Å²) >= 11 is 4.25. The Morgan fingerprint density at radius 1 is 0.783 bits per heavy atom. The summed E-state index contributed by atoms with van der Waals surface area (Å²) in [4.78, 5) is 0. The predicted molar refractivity (Wildman–Crippen MR) is 108 cm³/mol. The number of hydrogen-bond donors (Lipinski definition) is 2. The van der Waals surface area contributed by atoms with Crippen molar-refractivity contribution in [3.63, 3.8) is 0 Å². The molecule has 1 unspecified atom stereocenters. The maximum absolute atomic E-state index is 9.09. The van der Waals surface area contributed by atoms with Crippen LogP contribution in [0.3, 0.4) is 0 Å². The van der Waals surface area contributed by atoms with Crippen molar-refractivity contribution >= 4 is 12.6 Å². The smallest absolute Gasteiger partial charge is 0.0467 e. The molecule has 0 bridgehead atoms. The Morgan fingerprint density at radius 3 is 1.96 bits per heavy atom. The van der Waals surface area contributed by atoms with E-state index in [9.17, 15) is 0 Å². The van der Waals surface area contributed by atoms with Gasteiger partial charge < -0.3 is 5.11 Å². The van der Waals surface area contributed by atoms with Crippen LogP contribution in [0.1, 0.15) is 77.6 Å². The van der Waals surface area contributed by atoms with Crippen molar-refractivity contribution in [2.75, 3.05) is 12.4 Å². The van der Waals surface area contributed by atoms with Gasteiger partial charge in [0, 0.05) is 6.61 Å². The largest absolute Gasteiger partial charge is 0.396 e. The van der Waals surface area contributed by atoms with Gasteiger partial charge in [0.1, 0.15) is 0 Å². The van der Waals surface area contributed by atoms with E-state index in [1.165, 1.54) is 44.9 Å². The normalized spacial score (nSPS) is 13.7. The van der Waals surface area contributed by atoms with E-state index in [2.05, 4.69) is 56.0 Å². The first-order chi connectivity index (χ1) is 11.3. The summed E-state index contributed by atoms with van der Waals surface area (Å²) in [7, 11) is 0. The zero-order chi connectivity index (χ0) is 17.0. The summed E-state index contributed by atoms with van der Waals surface area (Å²) in [6, 6.07) is 0. The lowest BCUT2D eigenvalue weighted by atomic mass is 10.0. The third kappa shape index (κ3) is 17.7. The number of unbranched alkanes of at least 4 members (excludes halogenated alkanes) is 6. The molecule has 0 saturated heterocycles. The van der Waals surface area contributed by atoms with Gasteiger partial charge in [0.15, 0.2) is 0 Å². The third-order valence-corrected chi connectivity index (χ3v) is 4.55. The average Bonchev–Trinajstić information content (AvgIpc) is 2.58. The van der Waals surface area contributed by atoms with Crippen LogP contribution in [0.2, 0.25) is 0 Å². The maximum atomic E-state index is 9.09. The highest BCUT2D eigenvalue weighted by molar-refractivity contribution is 7.80. The second-order valence-electron chi connectivity index (χ2n) is 6.22. The number of allylic oxidation sites excluding steroid dienone is 6. The second kappa shape index (κ2) is 19.6. The fraction of sp³-hybridized carbons (Fsp3) is 0.714. The molecule has 0 aromatic carbocycles. The molecule has 0 fully saturated rings. The van der Waals surface area contributed by atoms with Crippen molar-refractivity contribution in [1.82, 2.24) is 0 Å². The van der Waals surface area contributed by atoms with Gasteiger partial charge in [-0.05, 0) is 50.2 Å². The molecule has 0 amide bonds. The highest BCUT2D eigenvalue weighted by atomic mass is 32.1. The van der Waals surface area contributed by atoms with E-state index in [0.29, 0.717) is 12.5 Å². The molecule has 0 aromatic heterocycles. The summed E-state index contributed by atoms with van der Waals surface area (Å²) in [5.41, 5.74) is 0. The molecule has 0 spiro atoms. The first-order valence-electron chi connectivity index (χ1n) is 9.51. The summed E-state index contributed by atoms with van der Waals surface area (Å²) in [5, 5.41) is 9.09. The molecule has 1 atom stereocenters. The van der Waals surface area contributed by atoms with Crippen LogP contribution in [0.25, 0.3) is 0 Å². The quantitative estimate of drug-likeness (QED) is 0.187. The Hall–Kier alpha value is -0.470. The molecule has 0 aliphatic heterocycles. The van der Waals surface area contributed by atoms with Gasteiger partial charge in [-0.1, -0.05) is 75.5 Å². The van der Waals surface area contributed by atoms with Crippen molar-refractivity contribution in [1.29, 1.82) is 0 Å². The summed E-state index contributed by atoms with van der Waals surface area (Å²) in [6.07, 6.45) is 27.0. The van der Waals surface area contributed by atoms with Gasteiger partial charge in [-0.15, -0.1) is 0 Å². The van der Waals surface area contributed by atoms with Crippen LogP contribution in [0, 0.1) is 5.92 Å². The number of thiol groups is 1. The summed E-state index contributed by atoms with van der Waals surface area (Å²) in [5.74, 6) is 1.22. The minimum atomic E-state index is 0.292. The maximum Gasteiger partial charge on any atom is 0.0467 e. The molecule has 1 N–H and O–H groups in total. The van der Waals surface area contributed by atoms with Gasteiger partial charge in [0.05, 0.1) is 0 Å². The van der Waals surface area contributed by atoms with Crippen molar-refractivity contribution < 1.29 is 5.11 Å². The lowest BCUT2D eigenvalue weighted by Gasteiger charge is -2.09. The van der Waals surface area contributed by atoms with Gasteiger partial charge in [-0.3, -0.25) is 0 Å². The van der Waals surface area contributed by atoms with Crippen LogP contribution in [-0.2, 0) is 0 Å². The van der Waals surface area contributed by atoms with Crippen LogP contribution in [0.5, 0.6) is 0 Å². The summed E-state index contributed by atoms with van der Waals surface area (Å²) in [6.45, 7) is 2.46. The molecular weight excluding hydrogens is 300 g/mol. The van der Waals surface area contributed by atoms with E-state index < -0.39 is 0 Å². The number of rotatable bonds is 16. The fourth-order valence-corrected chi connectivity index (χ4v) is 2.77. The molecule has 0 heterocycles. The first kappa shape index (κ1) is 22.5. The Labute approximate surface area is 150 Å². The van der Waals surface area contributed by atoms with Gasteiger partial charge in [0.2, 0.25) is 0 Å². The second-order valence-corrected chi connectivity index (χ2v) is 6.59. The van der Waals surface area contributed by atoms with E-state index in [0.717, 1.165) is 31.4 Å². The van der Waals surface area contributed by atoms with Crippen LogP contribution in [-0.4, -0.2) is 17.5 Å².